The number of aliphatic hydroxyl groups is 1. The van der Waals surface area contributed by atoms with Gasteiger partial charge in [0.1, 0.15) is 11.6 Å². The highest BCUT2D eigenvalue weighted by molar-refractivity contribution is 5.96. The minimum atomic E-state index is -0.986. The SMILES string of the molecule is O=C(CNC(=O)c1ccc(F)cc1F)NC1CCCCC1O. The third-order valence-corrected chi connectivity index (χ3v) is 3.66. The van der Waals surface area contributed by atoms with Crippen LogP contribution in [0.25, 0.3) is 0 Å². The summed E-state index contributed by atoms with van der Waals surface area (Å²) in [4.78, 5) is 23.5. The second-order valence-corrected chi connectivity index (χ2v) is 5.33. The number of benzene rings is 1. The maximum Gasteiger partial charge on any atom is 0.254 e. The second kappa shape index (κ2) is 7.31. The molecule has 0 saturated heterocycles. The molecule has 1 saturated carbocycles. The van der Waals surface area contributed by atoms with Gasteiger partial charge in [0.2, 0.25) is 5.91 Å². The highest BCUT2D eigenvalue weighted by Gasteiger charge is 2.24. The molecule has 1 fully saturated rings. The van der Waals surface area contributed by atoms with E-state index in [2.05, 4.69) is 10.6 Å². The zero-order chi connectivity index (χ0) is 16.1. The molecule has 5 nitrogen and oxygen atoms in total. The molecule has 3 N–H and O–H groups in total. The van der Waals surface area contributed by atoms with E-state index >= 15 is 0 Å². The number of rotatable bonds is 4. The van der Waals surface area contributed by atoms with Crippen molar-refractivity contribution in [1.82, 2.24) is 10.6 Å². The van der Waals surface area contributed by atoms with Gasteiger partial charge in [0.05, 0.1) is 24.3 Å². The van der Waals surface area contributed by atoms with Crippen molar-refractivity contribution in [3.05, 3.63) is 35.4 Å². The number of halogens is 2. The normalized spacial score (nSPS) is 21.2. The molecule has 7 heteroatoms. The molecular formula is C15H18F2N2O3. The number of amides is 2. The van der Waals surface area contributed by atoms with Gasteiger partial charge in [-0.15, -0.1) is 0 Å². The van der Waals surface area contributed by atoms with Crippen LogP contribution in [0.1, 0.15) is 36.0 Å². The Balaban J connectivity index is 1.84. The first-order valence-corrected chi connectivity index (χ1v) is 7.18. The van der Waals surface area contributed by atoms with Crippen LogP contribution in [-0.4, -0.2) is 35.6 Å². The average Bonchev–Trinajstić information content (AvgIpc) is 2.47. The first-order valence-electron chi connectivity index (χ1n) is 7.18. The van der Waals surface area contributed by atoms with Crippen LogP contribution in [-0.2, 0) is 4.79 Å². The van der Waals surface area contributed by atoms with Crippen molar-refractivity contribution in [1.29, 1.82) is 0 Å². The summed E-state index contributed by atoms with van der Waals surface area (Å²) in [6.07, 6.45) is 2.59. The molecule has 0 heterocycles. The van der Waals surface area contributed by atoms with E-state index in [4.69, 9.17) is 0 Å². The van der Waals surface area contributed by atoms with Crippen LogP contribution >= 0.6 is 0 Å². The first-order chi connectivity index (χ1) is 10.5. The van der Waals surface area contributed by atoms with Crippen LogP contribution in [0.15, 0.2) is 18.2 Å². The molecule has 0 radical (unpaired) electrons. The molecule has 2 unspecified atom stereocenters. The monoisotopic (exact) mass is 312 g/mol. The number of aliphatic hydroxyl groups excluding tert-OH is 1. The molecular weight excluding hydrogens is 294 g/mol. The van der Waals surface area contributed by atoms with Gasteiger partial charge >= 0.3 is 0 Å². The van der Waals surface area contributed by atoms with E-state index in [1.165, 1.54) is 0 Å². The number of hydrogen-bond acceptors (Lipinski definition) is 3. The van der Waals surface area contributed by atoms with Crippen molar-refractivity contribution in [3.63, 3.8) is 0 Å². The Labute approximate surface area is 126 Å². The fraction of sp³-hybridized carbons (Fsp3) is 0.467. The van der Waals surface area contributed by atoms with Crippen LogP contribution in [0, 0.1) is 11.6 Å². The molecule has 1 aromatic rings. The number of hydrogen-bond donors (Lipinski definition) is 3. The lowest BCUT2D eigenvalue weighted by Gasteiger charge is -2.28. The third kappa shape index (κ3) is 4.24. The maximum absolute atomic E-state index is 13.4. The van der Waals surface area contributed by atoms with E-state index in [1.807, 2.05) is 0 Å². The summed E-state index contributed by atoms with van der Waals surface area (Å²) >= 11 is 0. The van der Waals surface area contributed by atoms with Crippen molar-refractivity contribution in [3.8, 4) is 0 Å². The molecule has 1 aromatic carbocycles. The highest BCUT2D eigenvalue weighted by atomic mass is 19.1. The summed E-state index contributed by atoms with van der Waals surface area (Å²) < 4.78 is 26.2. The summed E-state index contributed by atoms with van der Waals surface area (Å²) in [5.74, 6) is -3.02. The Bertz CT molecular complexity index is 566. The fourth-order valence-electron chi connectivity index (χ4n) is 2.47. The topological polar surface area (TPSA) is 78.4 Å². The molecule has 2 amide bonds. The predicted octanol–water partition coefficient (Wildman–Crippen LogP) is 1.11. The zero-order valence-electron chi connectivity index (χ0n) is 11.9. The maximum atomic E-state index is 13.4. The van der Waals surface area contributed by atoms with E-state index in [0.717, 1.165) is 25.0 Å². The molecule has 120 valence electrons. The van der Waals surface area contributed by atoms with Gasteiger partial charge in [-0.25, -0.2) is 8.78 Å². The number of carbonyl (C=O) groups is 2. The van der Waals surface area contributed by atoms with Crippen molar-refractivity contribution in [2.45, 2.75) is 37.8 Å². The van der Waals surface area contributed by atoms with E-state index in [-0.39, 0.29) is 18.2 Å². The lowest BCUT2D eigenvalue weighted by atomic mass is 9.92. The Kier molecular flexibility index (Phi) is 5.43. The summed E-state index contributed by atoms with van der Waals surface area (Å²) in [7, 11) is 0. The minimum absolute atomic E-state index is 0.319. The zero-order valence-corrected chi connectivity index (χ0v) is 11.9. The summed E-state index contributed by atoms with van der Waals surface area (Å²) in [5, 5.41) is 14.7. The van der Waals surface area contributed by atoms with E-state index in [0.29, 0.717) is 18.9 Å². The molecule has 0 bridgehead atoms. The minimum Gasteiger partial charge on any atom is -0.391 e. The summed E-state index contributed by atoms with van der Waals surface area (Å²) in [6.45, 7) is -0.334. The van der Waals surface area contributed by atoms with Gasteiger partial charge in [0.25, 0.3) is 5.91 Å². The summed E-state index contributed by atoms with van der Waals surface area (Å²) in [6, 6.07) is 2.27. The van der Waals surface area contributed by atoms with Gasteiger partial charge in [-0.1, -0.05) is 12.8 Å². The van der Waals surface area contributed by atoms with Crippen molar-refractivity contribution < 1.29 is 23.5 Å². The van der Waals surface area contributed by atoms with E-state index < -0.39 is 29.6 Å². The van der Waals surface area contributed by atoms with Crippen LogP contribution in [0.5, 0.6) is 0 Å². The number of carbonyl (C=O) groups excluding carboxylic acids is 2. The van der Waals surface area contributed by atoms with E-state index in [1.54, 1.807) is 0 Å². The molecule has 2 atom stereocenters. The van der Waals surface area contributed by atoms with Crippen molar-refractivity contribution in [2.75, 3.05) is 6.54 Å². The van der Waals surface area contributed by atoms with Gasteiger partial charge < -0.3 is 15.7 Å². The van der Waals surface area contributed by atoms with Crippen LogP contribution in [0.2, 0.25) is 0 Å². The summed E-state index contributed by atoms with van der Waals surface area (Å²) in [5.41, 5.74) is -0.327. The van der Waals surface area contributed by atoms with Crippen LogP contribution in [0.3, 0.4) is 0 Å². The molecule has 0 aromatic heterocycles. The molecule has 22 heavy (non-hydrogen) atoms. The van der Waals surface area contributed by atoms with Gasteiger partial charge in [0.15, 0.2) is 0 Å². The van der Waals surface area contributed by atoms with Gasteiger partial charge in [-0.3, -0.25) is 9.59 Å². The standard InChI is InChI=1S/C15H18F2N2O3/c16-9-5-6-10(11(17)7-9)15(22)18-8-14(21)19-12-3-1-2-4-13(12)20/h5-7,12-13,20H,1-4,8H2,(H,18,22)(H,19,21). The molecule has 0 aliphatic heterocycles. The molecule has 1 aliphatic carbocycles. The van der Waals surface area contributed by atoms with E-state index in [9.17, 15) is 23.5 Å². The molecule has 2 rings (SSSR count). The Morgan fingerprint density at radius 1 is 1.23 bits per heavy atom. The Morgan fingerprint density at radius 2 is 1.95 bits per heavy atom. The average molecular weight is 312 g/mol. The number of nitrogens with one attached hydrogen (secondary N) is 2. The quantitative estimate of drug-likeness (QED) is 0.779. The predicted molar refractivity (Wildman–Crippen MR) is 75.1 cm³/mol. The van der Waals surface area contributed by atoms with Crippen LogP contribution < -0.4 is 10.6 Å². The van der Waals surface area contributed by atoms with Crippen molar-refractivity contribution in [2.24, 2.45) is 0 Å². The smallest absolute Gasteiger partial charge is 0.254 e. The second-order valence-electron chi connectivity index (χ2n) is 5.33. The van der Waals surface area contributed by atoms with Gasteiger partial charge in [-0.05, 0) is 25.0 Å². The fourth-order valence-corrected chi connectivity index (χ4v) is 2.47. The highest BCUT2D eigenvalue weighted by Crippen LogP contribution is 2.18. The molecule has 0 spiro atoms. The first kappa shape index (κ1) is 16.4. The largest absolute Gasteiger partial charge is 0.391 e. The van der Waals surface area contributed by atoms with Crippen LogP contribution in [0.4, 0.5) is 8.78 Å². The Morgan fingerprint density at radius 3 is 2.64 bits per heavy atom. The molecule has 1 aliphatic rings. The third-order valence-electron chi connectivity index (χ3n) is 3.66. The van der Waals surface area contributed by atoms with Gasteiger partial charge in [-0.2, -0.15) is 0 Å². The lowest BCUT2D eigenvalue weighted by Crippen LogP contribution is -2.48. The Hall–Kier alpha value is -2.02. The lowest BCUT2D eigenvalue weighted by molar-refractivity contribution is -0.122. The van der Waals surface area contributed by atoms with Crippen molar-refractivity contribution >= 4 is 11.8 Å². The van der Waals surface area contributed by atoms with Gasteiger partial charge in [0, 0.05) is 6.07 Å².